The molecule has 0 radical (unpaired) electrons. The van der Waals surface area contributed by atoms with Gasteiger partial charge in [0.2, 0.25) is 5.95 Å². The standard InChI is InChI=1S/C15H21N5/c1-4-17-13-10-14(19-15(16)18-13)20(5-2)12-8-6-11(3)7-9-12/h6-10H,4-5H2,1-3H3,(H3,16,17,18,19). The molecule has 20 heavy (non-hydrogen) atoms. The van der Waals surface area contributed by atoms with Gasteiger partial charge >= 0.3 is 0 Å². The van der Waals surface area contributed by atoms with E-state index in [4.69, 9.17) is 5.73 Å². The summed E-state index contributed by atoms with van der Waals surface area (Å²) in [6.07, 6.45) is 0. The molecular formula is C15H21N5. The predicted octanol–water partition coefficient (Wildman–Crippen LogP) is 2.96. The highest BCUT2D eigenvalue weighted by Crippen LogP contribution is 2.25. The second kappa shape index (κ2) is 6.23. The molecule has 106 valence electrons. The molecule has 5 heteroatoms. The molecule has 1 aromatic carbocycles. The molecule has 0 fully saturated rings. The van der Waals surface area contributed by atoms with E-state index in [1.54, 1.807) is 0 Å². The van der Waals surface area contributed by atoms with Gasteiger partial charge in [0.05, 0.1) is 0 Å². The Hall–Kier alpha value is -2.30. The number of nitrogen functional groups attached to an aromatic ring is 1. The molecule has 0 atom stereocenters. The molecule has 0 amide bonds. The van der Waals surface area contributed by atoms with Crippen LogP contribution in [0.2, 0.25) is 0 Å². The van der Waals surface area contributed by atoms with Crippen LogP contribution < -0.4 is 16.0 Å². The highest BCUT2D eigenvalue weighted by atomic mass is 15.2. The largest absolute Gasteiger partial charge is 0.370 e. The van der Waals surface area contributed by atoms with Crippen molar-refractivity contribution in [3.05, 3.63) is 35.9 Å². The number of benzene rings is 1. The Balaban J connectivity index is 2.38. The summed E-state index contributed by atoms with van der Waals surface area (Å²) >= 11 is 0. The Labute approximate surface area is 119 Å². The molecule has 3 N–H and O–H groups in total. The number of hydrogen-bond donors (Lipinski definition) is 2. The SMILES string of the molecule is CCNc1cc(N(CC)c2ccc(C)cc2)nc(N)n1. The van der Waals surface area contributed by atoms with E-state index in [1.807, 2.05) is 13.0 Å². The maximum absolute atomic E-state index is 5.80. The van der Waals surface area contributed by atoms with Crippen LogP contribution in [0.3, 0.4) is 0 Å². The molecule has 2 aromatic rings. The average molecular weight is 271 g/mol. The summed E-state index contributed by atoms with van der Waals surface area (Å²) in [5.41, 5.74) is 8.13. The number of nitrogens with two attached hydrogens (primary N) is 1. The maximum atomic E-state index is 5.80. The van der Waals surface area contributed by atoms with E-state index in [-0.39, 0.29) is 5.95 Å². The van der Waals surface area contributed by atoms with Crippen LogP contribution in [-0.4, -0.2) is 23.1 Å². The summed E-state index contributed by atoms with van der Waals surface area (Å²) in [4.78, 5) is 10.6. The van der Waals surface area contributed by atoms with Gasteiger partial charge in [-0.25, -0.2) is 0 Å². The predicted molar refractivity (Wildman–Crippen MR) is 84.5 cm³/mol. The zero-order valence-corrected chi connectivity index (χ0v) is 12.2. The van der Waals surface area contributed by atoms with Gasteiger partial charge in [0.25, 0.3) is 0 Å². The van der Waals surface area contributed by atoms with Crippen LogP contribution in [0.4, 0.5) is 23.3 Å². The number of hydrogen-bond acceptors (Lipinski definition) is 5. The fraction of sp³-hybridized carbons (Fsp3) is 0.333. The van der Waals surface area contributed by atoms with Gasteiger partial charge in [-0.2, -0.15) is 9.97 Å². The molecule has 0 saturated heterocycles. The molecule has 1 heterocycles. The molecule has 5 nitrogen and oxygen atoms in total. The molecule has 0 aliphatic rings. The summed E-state index contributed by atoms with van der Waals surface area (Å²) < 4.78 is 0. The van der Waals surface area contributed by atoms with Gasteiger partial charge in [-0.15, -0.1) is 0 Å². The van der Waals surface area contributed by atoms with E-state index in [0.29, 0.717) is 0 Å². The summed E-state index contributed by atoms with van der Waals surface area (Å²) in [5, 5.41) is 3.17. The van der Waals surface area contributed by atoms with Crippen LogP contribution in [-0.2, 0) is 0 Å². The first-order chi connectivity index (χ1) is 9.63. The quantitative estimate of drug-likeness (QED) is 0.875. The lowest BCUT2D eigenvalue weighted by Crippen LogP contribution is -2.18. The lowest BCUT2D eigenvalue weighted by atomic mass is 10.2. The number of nitrogens with zero attached hydrogens (tertiary/aromatic N) is 3. The first kappa shape index (κ1) is 14.1. The van der Waals surface area contributed by atoms with Crippen LogP contribution in [0.5, 0.6) is 0 Å². The van der Waals surface area contributed by atoms with Crippen molar-refractivity contribution in [1.82, 2.24) is 9.97 Å². The fourth-order valence-electron chi connectivity index (χ4n) is 2.06. The van der Waals surface area contributed by atoms with Crippen molar-refractivity contribution in [2.24, 2.45) is 0 Å². The number of aryl methyl sites for hydroxylation is 1. The third-order valence-electron chi connectivity index (χ3n) is 3.03. The second-order valence-electron chi connectivity index (χ2n) is 4.58. The molecule has 0 spiro atoms. The highest BCUT2D eigenvalue weighted by molar-refractivity contribution is 5.63. The Kier molecular flexibility index (Phi) is 4.40. The summed E-state index contributed by atoms with van der Waals surface area (Å²) in [6.45, 7) is 7.80. The molecule has 0 saturated carbocycles. The van der Waals surface area contributed by atoms with Gasteiger partial charge in [0, 0.05) is 24.8 Å². The van der Waals surface area contributed by atoms with E-state index in [0.717, 1.165) is 30.4 Å². The van der Waals surface area contributed by atoms with Crippen molar-refractivity contribution in [2.75, 3.05) is 29.0 Å². The van der Waals surface area contributed by atoms with Crippen LogP contribution >= 0.6 is 0 Å². The van der Waals surface area contributed by atoms with Crippen molar-refractivity contribution in [1.29, 1.82) is 0 Å². The van der Waals surface area contributed by atoms with Crippen LogP contribution in [0.15, 0.2) is 30.3 Å². The third-order valence-corrected chi connectivity index (χ3v) is 3.03. The first-order valence-electron chi connectivity index (χ1n) is 6.86. The average Bonchev–Trinajstić information content (AvgIpc) is 2.41. The van der Waals surface area contributed by atoms with Gasteiger partial charge in [-0.05, 0) is 32.9 Å². The van der Waals surface area contributed by atoms with E-state index in [2.05, 4.69) is 58.3 Å². The smallest absolute Gasteiger partial charge is 0.223 e. The van der Waals surface area contributed by atoms with Crippen LogP contribution in [0, 0.1) is 6.92 Å². The number of aromatic nitrogens is 2. The van der Waals surface area contributed by atoms with E-state index >= 15 is 0 Å². The van der Waals surface area contributed by atoms with Gasteiger partial charge in [-0.3, -0.25) is 0 Å². The van der Waals surface area contributed by atoms with Gasteiger partial charge < -0.3 is 16.0 Å². The van der Waals surface area contributed by atoms with Gasteiger partial charge in [-0.1, -0.05) is 17.7 Å². The van der Waals surface area contributed by atoms with Crippen molar-refractivity contribution >= 4 is 23.3 Å². The zero-order valence-electron chi connectivity index (χ0n) is 12.2. The minimum atomic E-state index is 0.281. The molecule has 2 rings (SSSR count). The van der Waals surface area contributed by atoms with E-state index in [9.17, 15) is 0 Å². The Bertz CT molecular complexity index is 565. The highest BCUT2D eigenvalue weighted by Gasteiger charge is 2.11. The van der Waals surface area contributed by atoms with E-state index < -0.39 is 0 Å². The molecular weight excluding hydrogens is 250 g/mol. The normalized spacial score (nSPS) is 10.3. The first-order valence-corrected chi connectivity index (χ1v) is 6.86. The molecule has 0 aliphatic heterocycles. The van der Waals surface area contributed by atoms with Crippen molar-refractivity contribution in [3.63, 3.8) is 0 Å². The summed E-state index contributed by atoms with van der Waals surface area (Å²) in [6, 6.07) is 10.3. The third kappa shape index (κ3) is 3.17. The Morgan fingerprint density at radius 2 is 1.85 bits per heavy atom. The molecule has 1 aromatic heterocycles. The number of anilines is 4. The van der Waals surface area contributed by atoms with Crippen molar-refractivity contribution in [3.8, 4) is 0 Å². The maximum Gasteiger partial charge on any atom is 0.223 e. The summed E-state index contributed by atoms with van der Waals surface area (Å²) in [7, 11) is 0. The lowest BCUT2D eigenvalue weighted by molar-refractivity contribution is 0.978. The minimum absolute atomic E-state index is 0.281. The monoisotopic (exact) mass is 271 g/mol. The van der Waals surface area contributed by atoms with Crippen molar-refractivity contribution in [2.45, 2.75) is 20.8 Å². The number of nitrogens with one attached hydrogen (secondary N) is 1. The molecule has 0 bridgehead atoms. The van der Waals surface area contributed by atoms with Crippen LogP contribution in [0.1, 0.15) is 19.4 Å². The second-order valence-corrected chi connectivity index (χ2v) is 4.58. The van der Waals surface area contributed by atoms with Gasteiger partial charge in [0.1, 0.15) is 11.6 Å². The summed E-state index contributed by atoms with van der Waals surface area (Å²) in [5.74, 6) is 1.84. The minimum Gasteiger partial charge on any atom is -0.370 e. The Morgan fingerprint density at radius 3 is 2.45 bits per heavy atom. The van der Waals surface area contributed by atoms with E-state index in [1.165, 1.54) is 5.56 Å². The van der Waals surface area contributed by atoms with Crippen LogP contribution in [0.25, 0.3) is 0 Å². The fourth-order valence-corrected chi connectivity index (χ4v) is 2.06. The van der Waals surface area contributed by atoms with Gasteiger partial charge in [0.15, 0.2) is 0 Å². The molecule has 0 aliphatic carbocycles. The zero-order chi connectivity index (χ0) is 14.5. The molecule has 0 unspecified atom stereocenters. The number of rotatable bonds is 5. The van der Waals surface area contributed by atoms with Crippen molar-refractivity contribution < 1.29 is 0 Å². The Morgan fingerprint density at radius 1 is 1.15 bits per heavy atom. The topological polar surface area (TPSA) is 67.1 Å². The lowest BCUT2D eigenvalue weighted by Gasteiger charge is -2.23.